The number of rotatable bonds is 5. The first-order chi connectivity index (χ1) is 12.0. The molecule has 0 saturated carbocycles. The van der Waals surface area contributed by atoms with Gasteiger partial charge in [0.05, 0.1) is 0 Å². The fourth-order valence-corrected chi connectivity index (χ4v) is 3.08. The number of nitrogens with zero attached hydrogens (tertiary/aromatic N) is 2. The molecule has 0 unspecified atom stereocenters. The van der Waals surface area contributed by atoms with E-state index in [1.54, 1.807) is 7.05 Å². The molecule has 1 aliphatic heterocycles. The summed E-state index contributed by atoms with van der Waals surface area (Å²) in [5.41, 5.74) is 2.62. The summed E-state index contributed by atoms with van der Waals surface area (Å²) >= 11 is 0. The van der Waals surface area contributed by atoms with Crippen LogP contribution in [0, 0.1) is 12.8 Å². The van der Waals surface area contributed by atoms with Crippen LogP contribution in [-0.2, 0) is 11.2 Å². The molecule has 1 heterocycles. The Morgan fingerprint density at radius 3 is 2.44 bits per heavy atom. The molecule has 0 bridgehead atoms. The molecule has 5 heteroatoms. The molecule has 2 N–H and O–H groups in total. The third-order valence-electron chi connectivity index (χ3n) is 4.69. The first kappa shape index (κ1) is 19.3. The standard InChI is InChI=1S/C20H32N4O/c1-15(2)19(25)24-13-10-18(11-14-24)23-20(21-4)22-12-9-17-7-5-16(3)6-8-17/h5-8,15,18H,9-14H2,1-4H3,(H2,21,22,23). The SMILES string of the molecule is CN=C(NCCc1ccc(C)cc1)NC1CCN(C(=O)C(C)C)CC1. The Bertz CT molecular complexity index is 572. The van der Waals surface area contributed by atoms with E-state index in [0.29, 0.717) is 6.04 Å². The molecule has 1 aromatic rings. The molecule has 138 valence electrons. The van der Waals surface area contributed by atoms with Gasteiger partial charge in [-0.25, -0.2) is 0 Å². The predicted molar refractivity (Wildman–Crippen MR) is 104 cm³/mol. The summed E-state index contributed by atoms with van der Waals surface area (Å²) in [5, 5.41) is 6.88. The number of aryl methyl sites for hydroxylation is 1. The molecule has 0 aliphatic carbocycles. The van der Waals surface area contributed by atoms with E-state index in [4.69, 9.17) is 0 Å². The zero-order valence-corrected chi connectivity index (χ0v) is 16.0. The van der Waals surface area contributed by atoms with Gasteiger partial charge in [0.25, 0.3) is 0 Å². The minimum atomic E-state index is 0.0840. The molecular weight excluding hydrogens is 312 g/mol. The van der Waals surface area contributed by atoms with Crippen molar-refractivity contribution in [3.63, 3.8) is 0 Å². The van der Waals surface area contributed by atoms with Crippen molar-refractivity contribution >= 4 is 11.9 Å². The number of carbonyl (C=O) groups excluding carboxylic acids is 1. The number of likely N-dealkylation sites (tertiary alicyclic amines) is 1. The fourth-order valence-electron chi connectivity index (χ4n) is 3.08. The third-order valence-corrected chi connectivity index (χ3v) is 4.69. The molecule has 0 radical (unpaired) electrons. The third kappa shape index (κ3) is 6.07. The van der Waals surface area contributed by atoms with Gasteiger partial charge >= 0.3 is 0 Å². The highest BCUT2D eigenvalue weighted by molar-refractivity contribution is 5.80. The van der Waals surface area contributed by atoms with Crippen LogP contribution in [0.3, 0.4) is 0 Å². The fraction of sp³-hybridized carbons (Fsp3) is 0.600. The molecule has 1 aliphatic rings. The highest BCUT2D eigenvalue weighted by Crippen LogP contribution is 2.13. The lowest BCUT2D eigenvalue weighted by Gasteiger charge is -2.34. The number of amides is 1. The highest BCUT2D eigenvalue weighted by Gasteiger charge is 2.24. The maximum Gasteiger partial charge on any atom is 0.225 e. The molecule has 1 fully saturated rings. The minimum Gasteiger partial charge on any atom is -0.356 e. The van der Waals surface area contributed by atoms with Crippen LogP contribution >= 0.6 is 0 Å². The van der Waals surface area contributed by atoms with Crippen LogP contribution < -0.4 is 10.6 Å². The number of piperidine rings is 1. The van der Waals surface area contributed by atoms with Gasteiger partial charge in [-0.2, -0.15) is 0 Å². The van der Waals surface area contributed by atoms with Crippen LogP contribution in [0.15, 0.2) is 29.3 Å². The number of nitrogens with one attached hydrogen (secondary N) is 2. The minimum absolute atomic E-state index is 0.0840. The van der Waals surface area contributed by atoms with Crippen LogP contribution in [-0.4, -0.2) is 49.5 Å². The summed E-state index contributed by atoms with van der Waals surface area (Å²) < 4.78 is 0. The van der Waals surface area contributed by atoms with Crippen molar-refractivity contribution < 1.29 is 4.79 Å². The Kier molecular flexibility index (Phi) is 7.29. The summed E-state index contributed by atoms with van der Waals surface area (Å²) in [7, 11) is 1.80. The van der Waals surface area contributed by atoms with Gasteiger partial charge in [-0.15, -0.1) is 0 Å². The molecule has 1 saturated heterocycles. The van der Waals surface area contributed by atoms with Crippen molar-refractivity contribution in [1.82, 2.24) is 15.5 Å². The van der Waals surface area contributed by atoms with Gasteiger partial charge in [-0.05, 0) is 31.7 Å². The van der Waals surface area contributed by atoms with Crippen molar-refractivity contribution in [2.75, 3.05) is 26.7 Å². The van der Waals surface area contributed by atoms with Crippen molar-refractivity contribution in [2.45, 2.75) is 46.1 Å². The first-order valence-electron chi connectivity index (χ1n) is 9.31. The highest BCUT2D eigenvalue weighted by atomic mass is 16.2. The van der Waals surface area contributed by atoms with Gasteiger partial charge in [0.1, 0.15) is 0 Å². The van der Waals surface area contributed by atoms with E-state index in [2.05, 4.69) is 46.8 Å². The van der Waals surface area contributed by atoms with E-state index in [9.17, 15) is 4.79 Å². The van der Waals surface area contributed by atoms with Crippen molar-refractivity contribution in [3.05, 3.63) is 35.4 Å². The molecule has 0 aromatic heterocycles. The maximum absolute atomic E-state index is 12.0. The van der Waals surface area contributed by atoms with Crippen LogP contribution in [0.4, 0.5) is 0 Å². The number of guanidine groups is 1. The number of hydrogen-bond donors (Lipinski definition) is 2. The quantitative estimate of drug-likeness (QED) is 0.637. The summed E-state index contributed by atoms with van der Waals surface area (Å²) in [5.74, 6) is 1.19. The van der Waals surface area contributed by atoms with Gasteiger partial charge in [0, 0.05) is 38.6 Å². The summed E-state index contributed by atoms with van der Waals surface area (Å²) in [6.45, 7) is 8.55. The second kappa shape index (κ2) is 9.44. The molecule has 0 spiro atoms. The molecule has 5 nitrogen and oxygen atoms in total. The normalized spacial score (nSPS) is 16.2. The second-order valence-electron chi connectivity index (χ2n) is 7.13. The van der Waals surface area contributed by atoms with Crippen molar-refractivity contribution in [2.24, 2.45) is 10.9 Å². The Labute approximate surface area is 151 Å². The van der Waals surface area contributed by atoms with Crippen LogP contribution in [0.2, 0.25) is 0 Å². The lowest BCUT2D eigenvalue weighted by atomic mass is 10.0. The zero-order valence-electron chi connectivity index (χ0n) is 16.0. The zero-order chi connectivity index (χ0) is 18.2. The topological polar surface area (TPSA) is 56.7 Å². The summed E-state index contributed by atoms with van der Waals surface area (Å²) in [6, 6.07) is 9.02. The number of benzene rings is 1. The summed E-state index contributed by atoms with van der Waals surface area (Å²) in [6.07, 6.45) is 2.91. The lowest BCUT2D eigenvalue weighted by Crippen LogP contribution is -2.50. The van der Waals surface area contributed by atoms with Gasteiger partial charge in [0.2, 0.25) is 5.91 Å². The van der Waals surface area contributed by atoms with E-state index in [1.807, 2.05) is 18.7 Å². The smallest absolute Gasteiger partial charge is 0.225 e. The maximum atomic E-state index is 12.0. The first-order valence-corrected chi connectivity index (χ1v) is 9.31. The van der Waals surface area contributed by atoms with Crippen LogP contribution in [0.5, 0.6) is 0 Å². The van der Waals surface area contributed by atoms with E-state index in [-0.39, 0.29) is 11.8 Å². The Balaban J connectivity index is 1.72. The number of aliphatic imine (C=N–C) groups is 1. The molecule has 1 amide bonds. The Hall–Kier alpha value is -2.04. The lowest BCUT2D eigenvalue weighted by molar-refractivity contribution is -0.135. The second-order valence-corrected chi connectivity index (χ2v) is 7.13. The summed E-state index contributed by atoms with van der Waals surface area (Å²) in [4.78, 5) is 18.4. The van der Waals surface area contributed by atoms with Gasteiger partial charge in [-0.3, -0.25) is 9.79 Å². The van der Waals surface area contributed by atoms with Crippen LogP contribution in [0.1, 0.15) is 37.8 Å². The number of hydrogen-bond acceptors (Lipinski definition) is 2. The number of carbonyl (C=O) groups is 1. The molecule has 1 aromatic carbocycles. The molecule has 2 rings (SSSR count). The van der Waals surface area contributed by atoms with E-state index < -0.39 is 0 Å². The monoisotopic (exact) mass is 344 g/mol. The average molecular weight is 345 g/mol. The van der Waals surface area contributed by atoms with E-state index >= 15 is 0 Å². The Morgan fingerprint density at radius 2 is 1.88 bits per heavy atom. The largest absolute Gasteiger partial charge is 0.356 e. The van der Waals surface area contributed by atoms with E-state index in [0.717, 1.165) is 44.9 Å². The van der Waals surface area contributed by atoms with Gasteiger partial charge in [-0.1, -0.05) is 43.7 Å². The van der Waals surface area contributed by atoms with Gasteiger partial charge in [0.15, 0.2) is 5.96 Å². The van der Waals surface area contributed by atoms with Crippen molar-refractivity contribution in [3.8, 4) is 0 Å². The van der Waals surface area contributed by atoms with E-state index in [1.165, 1.54) is 11.1 Å². The Morgan fingerprint density at radius 1 is 1.24 bits per heavy atom. The van der Waals surface area contributed by atoms with Crippen LogP contribution in [0.25, 0.3) is 0 Å². The molecular formula is C20H32N4O. The predicted octanol–water partition coefficient (Wildman–Crippen LogP) is 2.35. The molecule has 25 heavy (non-hydrogen) atoms. The van der Waals surface area contributed by atoms with Crippen molar-refractivity contribution in [1.29, 1.82) is 0 Å². The van der Waals surface area contributed by atoms with Gasteiger partial charge < -0.3 is 15.5 Å². The average Bonchev–Trinajstić information content (AvgIpc) is 2.62. The molecule has 0 atom stereocenters.